The summed E-state index contributed by atoms with van der Waals surface area (Å²) in [4.78, 5) is 26.0. The van der Waals surface area contributed by atoms with Crippen LogP contribution in [0.15, 0.2) is 54.6 Å². The summed E-state index contributed by atoms with van der Waals surface area (Å²) in [6, 6.07) is 17.7. The van der Waals surface area contributed by atoms with E-state index in [0.29, 0.717) is 32.5 Å². The number of nitrogens with zero attached hydrogens (tertiary/aromatic N) is 1. The van der Waals surface area contributed by atoms with Gasteiger partial charge in [-0.05, 0) is 36.1 Å². The van der Waals surface area contributed by atoms with Gasteiger partial charge in [-0.3, -0.25) is 9.59 Å². The Balaban J connectivity index is 1.33. The molecular weight excluding hydrogens is 328 g/mol. The van der Waals surface area contributed by atoms with E-state index in [2.05, 4.69) is 17.4 Å². The summed E-state index contributed by atoms with van der Waals surface area (Å²) in [6.45, 7) is 1.86. The molecule has 2 aromatic rings. The van der Waals surface area contributed by atoms with Crippen LogP contribution in [0.4, 0.5) is 0 Å². The number of hydrogen-bond donors (Lipinski definition) is 1. The summed E-state index contributed by atoms with van der Waals surface area (Å²) in [7, 11) is 0. The molecule has 2 amide bonds. The Morgan fingerprint density at radius 1 is 1.00 bits per heavy atom. The minimum atomic E-state index is -0.118. The largest absolute Gasteiger partial charge is 0.494 e. The molecule has 5 heteroatoms. The van der Waals surface area contributed by atoms with Gasteiger partial charge in [-0.1, -0.05) is 42.5 Å². The Morgan fingerprint density at radius 3 is 2.54 bits per heavy atom. The van der Waals surface area contributed by atoms with E-state index in [1.807, 2.05) is 42.5 Å². The molecule has 0 aromatic heterocycles. The molecule has 26 heavy (non-hydrogen) atoms. The van der Waals surface area contributed by atoms with Crippen molar-refractivity contribution in [2.24, 2.45) is 0 Å². The van der Waals surface area contributed by atoms with Crippen LogP contribution in [0, 0.1) is 0 Å². The standard InChI is InChI=1S/C21H24N2O3/c24-20(11-6-14-26-19-9-2-1-3-10-19)22-15-21(25)23-13-12-17-7-4-5-8-18(17)16-23/h1-5,7-10H,6,11-16H2,(H,22,24). The lowest BCUT2D eigenvalue weighted by molar-refractivity contribution is -0.133. The van der Waals surface area contributed by atoms with Crippen molar-refractivity contribution in [3.8, 4) is 5.75 Å². The molecule has 136 valence electrons. The number of benzene rings is 2. The van der Waals surface area contributed by atoms with Crippen molar-refractivity contribution in [1.82, 2.24) is 10.2 Å². The van der Waals surface area contributed by atoms with Crippen LogP contribution < -0.4 is 10.1 Å². The minimum absolute atomic E-state index is 0.0339. The number of amides is 2. The van der Waals surface area contributed by atoms with Crippen LogP contribution in [0.5, 0.6) is 5.75 Å². The van der Waals surface area contributed by atoms with Crippen molar-refractivity contribution in [2.75, 3.05) is 19.7 Å². The molecule has 0 saturated heterocycles. The van der Waals surface area contributed by atoms with Gasteiger partial charge in [-0.15, -0.1) is 0 Å². The van der Waals surface area contributed by atoms with Crippen molar-refractivity contribution in [3.05, 3.63) is 65.7 Å². The number of nitrogens with one attached hydrogen (secondary N) is 1. The van der Waals surface area contributed by atoms with E-state index in [9.17, 15) is 9.59 Å². The zero-order valence-corrected chi connectivity index (χ0v) is 14.8. The number of carbonyl (C=O) groups excluding carboxylic acids is 2. The van der Waals surface area contributed by atoms with Crippen LogP contribution in [0.2, 0.25) is 0 Å². The van der Waals surface area contributed by atoms with Gasteiger partial charge in [0.1, 0.15) is 5.75 Å². The molecule has 0 aliphatic carbocycles. The van der Waals surface area contributed by atoms with Crippen LogP contribution >= 0.6 is 0 Å². The number of carbonyl (C=O) groups is 2. The van der Waals surface area contributed by atoms with Crippen LogP contribution in [0.3, 0.4) is 0 Å². The van der Waals surface area contributed by atoms with E-state index in [4.69, 9.17) is 4.74 Å². The number of rotatable bonds is 7. The van der Waals surface area contributed by atoms with E-state index in [0.717, 1.165) is 12.2 Å². The first-order valence-corrected chi connectivity index (χ1v) is 9.01. The molecule has 0 fully saturated rings. The van der Waals surface area contributed by atoms with Crippen molar-refractivity contribution in [3.63, 3.8) is 0 Å². The van der Waals surface area contributed by atoms with Gasteiger partial charge in [0.2, 0.25) is 11.8 Å². The maximum absolute atomic E-state index is 12.3. The molecule has 0 radical (unpaired) electrons. The molecule has 1 aliphatic heterocycles. The number of hydrogen-bond acceptors (Lipinski definition) is 3. The highest BCUT2D eigenvalue weighted by Gasteiger charge is 2.20. The Bertz CT molecular complexity index is 746. The van der Waals surface area contributed by atoms with Crippen LogP contribution in [0.1, 0.15) is 24.0 Å². The first-order chi connectivity index (χ1) is 12.7. The monoisotopic (exact) mass is 352 g/mol. The number of para-hydroxylation sites is 1. The zero-order chi connectivity index (χ0) is 18.2. The maximum Gasteiger partial charge on any atom is 0.242 e. The van der Waals surface area contributed by atoms with Crippen LogP contribution in [0.25, 0.3) is 0 Å². The molecule has 0 spiro atoms. The van der Waals surface area contributed by atoms with Crippen molar-refractivity contribution in [2.45, 2.75) is 25.8 Å². The molecule has 1 heterocycles. The lowest BCUT2D eigenvalue weighted by Crippen LogP contribution is -2.42. The lowest BCUT2D eigenvalue weighted by Gasteiger charge is -2.29. The van der Waals surface area contributed by atoms with Gasteiger partial charge >= 0.3 is 0 Å². The minimum Gasteiger partial charge on any atom is -0.494 e. The normalized spacial score (nSPS) is 13.0. The third-order valence-corrected chi connectivity index (χ3v) is 4.48. The second kappa shape index (κ2) is 9.04. The molecular formula is C21H24N2O3. The molecule has 1 N–H and O–H groups in total. The van der Waals surface area contributed by atoms with Crippen molar-refractivity contribution in [1.29, 1.82) is 0 Å². The summed E-state index contributed by atoms with van der Waals surface area (Å²) in [5.41, 5.74) is 2.50. The van der Waals surface area contributed by atoms with Gasteiger partial charge in [-0.25, -0.2) is 0 Å². The van der Waals surface area contributed by atoms with Gasteiger partial charge in [0.25, 0.3) is 0 Å². The summed E-state index contributed by atoms with van der Waals surface area (Å²) < 4.78 is 5.56. The fraction of sp³-hybridized carbons (Fsp3) is 0.333. The molecule has 1 aliphatic rings. The zero-order valence-electron chi connectivity index (χ0n) is 14.8. The van der Waals surface area contributed by atoms with Crippen LogP contribution in [-0.4, -0.2) is 36.4 Å². The van der Waals surface area contributed by atoms with E-state index >= 15 is 0 Å². The first kappa shape index (κ1) is 18.0. The topological polar surface area (TPSA) is 58.6 Å². The molecule has 5 nitrogen and oxygen atoms in total. The van der Waals surface area contributed by atoms with E-state index in [1.54, 1.807) is 4.90 Å². The number of ether oxygens (including phenoxy) is 1. The quantitative estimate of drug-likeness (QED) is 0.779. The third-order valence-electron chi connectivity index (χ3n) is 4.48. The Morgan fingerprint density at radius 2 is 1.73 bits per heavy atom. The van der Waals surface area contributed by atoms with Crippen molar-refractivity contribution < 1.29 is 14.3 Å². The van der Waals surface area contributed by atoms with Gasteiger partial charge in [0.05, 0.1) is 13.2 Å². The first-order valence-electron chi connectivity index (χ1n) is 9.01. The molecule has 0 bridgehead atoms. The average molecular weight is 352 g/mol. The molecule has 0 atom stereocenters. The predicted molar refractivity (Wildman–Crippen MR) is 99.7 cm³/mol. The van der Waals surface area contributed by atoms with Crippen LogP contribution in [-0.2, 0) is 22.6 Å². The highest BCUT2D eigenvalue weighted by Crippen LogP contribution is 2.18. The summed E-state index contributed by atoms with van der Waals surface area (Å²) >= 11 is 0. The van der Waals surface area contributed by atoms with E-state index < -0.39 is 0 Å². The summed E-state index contributed by atoms with van der Waals surface area (Å²) in [6.07, 6.45) is 1.83. The lowest BCUT2D eigenvalue weighted by atomic mass is 10.00. The predicted octanol–water partition coefficient (Wildman–Crippen LogP) is 2.55. The fourth-order valence-corrected chi connectivity index (χ4v) is 3.02. The molecule has 2 aromatic carbocycles. The maximum atomic E-state index is 12.3. The Labute approximate surface area is 154 Å². The Hall–Kier alpha value is -2.82. The average Bonchev–Trinajstić information content (AvgIpc) is 2.70. The molecule has 0 unspecified atom stereocenters. The summed E-state index contributed by atoms with van der Waals surface area (Å²) in [5, 5.41) is 2.72. The second-order valence-electron chi connectivity index (χ2n) is 6.38. The van der Waals surface area contributed by atoms with Gasteiger partial charge in [0.15, 0.2) is 0 Å². The highest BCUT2D eigenvalue weighted by molar-refractivity contribution is 5.84. The van der Waals surface area contributed by atoms with Gasteiger partial charge in [-0.2, -0.15) is 0 Å². The Kier molecular flexibility index (Phi) is 6.25. The number of fused-ring (bicyclic) bond motifs is 1. The highest BCUT2D eigenvalue weighted by atomic mass is 16.5. The van der Waals surface area contributed by atoms with E-state index in [1.165, 1.54) is 11.1 Å². The van der Waals surface area contributed by atoms with E-state index in [-0.39, 0.29) is 18.4 Å². The van der Waals surface area contributed by atoms with Crippen molar-refractivity contribution >= 4 is 11.8 Å². The van der Waals surface area contributed by atoms with Gasteiger partial charge in [0, 0.05) is 19.5 Å². The second-order valence-corrected chi connectivity index (χ2v) is 6.38. The fourth-order valence-electron chi connectivity index (χ4n) is 3.02. The van der Waals surface area contributed by atoms with Gasteiger partial charge < -0.3 is 15.0 Å². The molecule has 0 saturated carbocycles. The molecule has 3 rings (SSSR count). The smallest absolute Gasteiger partial charge is 0.242 e. The summed E-state index contributed by atoms with van der Waals surface area (Å²) in [5.74, 6) is 0.647. The third kappa shape index (κ3) is 5.09. The SMILES string of the molecule is O=C(CCCOc1ccccc1)NCC(=O)N1CCc2ccccc2C1.